The molecule has 0 spiro atoms. The van der Waals surface area contributed by atoms with E-state index in [4.69, 9.17) is 0 Å². The molecular formula is C7H18O3Si. The van der Waals surface area contributed by atoms with Crippen LogP contribution >= 0.6 is 0 Å². The zero-order chi connectivity index (χ0) is 9.23. The van der Waals surface area contributed by atoms with Crippen LogP contribution in [-0.4, -0.2) is 40.6 Å². The van der Waals surface area contributed by atoms with Gasteiger partial charge in [-0.15, -0.1) is 0 Å². The van der Waals surface area contributed by atoms with Crippen LogP contribution in [0, 0.1) is 0 Å². The van der Waals surface area contributed by atoms with Gasteiger partial charge in [0.25, 0.3) is 0 Å². The fourth-order valence-electron chi connectivity index (χ4n) is 1.05. The normalized spacial score (nSPS) is 25.4. The minimum absolute atomic E-state index is 0.581. The van der Waals surface area contributed by atoms with Gasteiger partial charge in [-0.25, -0.2) is 0 Å². The number of aliphatic hydroxyl groups excluding tert-OH is 3. The summed E-state index contributed by atoms with van der Waals surface area (Å²) < 4.78 is 0. The predicted molar refractivity (Wildman–Crippen MR) is 46.7 cm³/mol. The molecule has 0 saturated carbocycles. The maximum absolute atomic E-state index is 9.35. The van der Waals surface area contributed by atoms with Gasteiger partial charge in [0.05, 0.1) is 0 Å². The Morgan fingerprint density at radius 2 is 1.00 bits per heavy atom. The zero-order valence-electron chi connectivity index (χ0n) is 7.57. The zero-order valence-corrected chi connectivity index (χ0v) is 8.57. The number of hydrogen-bond donors (Lipinski definition) is 3. The molecule has 0 rings (SSSR count). The molecule has 0 heterocycles. The Labute approximate surface area is 68.7 Å². The van der Waals surface area contributed by atoms with E-state index in [2.05, 4.69) is 0 Å². The quantitative estimate of drug-likeness (QED) is 0.526. The van der Waals surface area contributed by atoms with Crippen LogP contribution in [0.15, 0.2) is 0 Å². The minimum Gasteiger partial charge on any atom is -0.397 e. The van der Waals surface area contributed by atoms with Crippen LogP contribution in [0.25, 0.3) is 0 Å². The van der Waals surface area contributed by atoms with Crippen molar-refractivity contribution in [3.63, 3.8) is 0 Å². The molecular weight excluding hydrogens is 160 g/mol. The molecule has 0 aromatic rings. The Bertz CT molecular complexity index is 101. The largest absolute Gasteiger partial charge is 0.397 e. The summed E-state index contributed by atoms with van der Waals surface area (Å²) in [7, 11) is -2.31. The summed E-state index contributed by atoms with van der Waals surface area (Å²) in [5.74, 6) is 0. The van der Waals surface area contributed by atoms with Crippen LogP contribution in [0.2, 0.25) is 6.55 Å². The van der Waals surface area contributed by atoms with E-state index in [0.29, 0.717) is 0 Å². The molecule has 0 aliphatic carbocycles. The lowest BCUT2D eigenvalue weighted by Crippen LogP contribution is -2.60. The van der Waals surface area contributed by atoms with Gasteiger partial charge in [-0.3, -0.25) is 0 Å². The topological polar surface area (TPSA) is 60.7 Å². The third kappa shape index (κ3) is 2.02. The van der Waals surface area contributed by atoms with Gasteiger partial charge in [-0.05, 0) is 20.8 Å². The van der Waals surface area contributed by atoms with Gasteiger partial charge in [0, 0.05) is 17.2 Å². The van der Waals surface area contributed by atoms with Crippen molar-refractivity contribution in [3.8, 4) is 0 Å². The maximum atomic E-state index is 9.35. The second kappa shape index (κ2) is 3.67. The number of hydrogen-bond acceptors (Lipinski definition) is 3. The summed E-state index contributed by atoms with van der Waals surface area (Å²) in [4.78, 5) is 0. The molecule has 0 aliphatic rings. The lowest BCUT2D eigenvalue weighted by molar-refractivity contribution is 0.178. The van der Waals surface area contributed by atoms with Crippen molar-refractivity contribution in [2.75, 3.05) is 0 Å². The molecule has 4 heteroatoms. The molecule has 0 aliphatic heterocycles. The molecule has 3 unspecified atom stereocenters. The van der Waals surface area contributed by atoms with Gasteiger partial charge in [-0.1, -0.05) is 6.55 Å². The summed E-state index contributed by atoms with van der Waals surface area (Å²) in [6.45, 7) is 6.69. The van der Waals surface area contributed by atoms with Crippen LogP contribution in [0.5, 0.6) is 0 Å². The van der Waals surface area contributed by atoms with Crippen molar-refractivity contribution >= 4 is 8.07 Å². The summed E-state index contributed by atoms with van der Waals surface area (Å²) >= 11 is 0. The van der Waals surface area contributed by atoms with E-state index >= 15 is 0 Å². The first-order valence-electron chi connectivity index (χ1n) is 3.87. The molecule has 3 N–H and O–H groups in total. The average Bonchev–Trinajstić information content (AvgIpc) is 1.84. The molecule has 3 nitrogen and oxygen atoms in total. The number of aliphatic hydroxyl groups is 3. The third-order valence-electron chi connectivity index (χ3n) is 2.70. The number of rotatable bonds is 3. The maximum Gasteiger partial charge on any atom is 0.147 e. The van der Waals surface area contributed by atoms with Gasteiger partial charge >= 0.3 is 0 Å². The molecule has 11 heavy (non-hydrogen) atoms. The van der Waals surface area contributed by atoms with Crippen LogP contribution in [-0.2, 0) is 0 Å². The molecule has 3 atom stereocenters. The van der Waals surface area contributed by atoms with Crippen molar-refractivity contribution in [3.05, 3.63) is 0 Å². The lowest BCUT2D eigenvalue weighted by Gasteiger charge is -2.35. The first-order chi connectivity index (χ1) is 4.83. The van der Waals surface area contributed by atoms with E-state index in [9.17, 15) is 15.3 Å². The molecule has 68 valence electrons. The van der Waals surface area contributed by atoms with E-state index in [-0.39, 0.29) is 0 Å². The Balaban J connectivity index is 4.53. The van der Waals surface area contributed by atoms with Gasteiger partial charge in [0.15, 0.2) is 0 Å². The van der Waals surface area contributed by atoms with Gasteiger partial charge < -0.3 is 15.3 Å². The monoisotopic (exact) mass is 178 g/mol. The molecule has 0 fully saturated rings. The average molecular weight is 178 g/mol. The fourth-order valence-corrected chi connectivity index (χ4v) is 3.14. The van der Waals surface area contributed by atoms with Crippen LogP contribution in [0.1, 0.15) is 20.8 Å². The predicted octanol–water partition coefficient (Wildman–Crippen LogP) is -0.175. The van der Waals surface area contributed by atoms with E-state index in [1.54, 1.807) is 27.3 Å². The highest BCUT2D eigenvalue weighted by Gasteiger charge is 2.42. The molecule has 0 aromatic heterocycles. The van der Waals surface area contributed by atoms with E-state index in [1.807, 2.05) is 0 Å². The Hall–Kier alpha value is 0.0969. The Morgan fingerprint density at radius 1 is 0.818 bits per heavy atom. The standard InChI is InChI=1S/C7H18O3Si/c1-5(8)11(4,6(2)9)7(3)10/h5-10H,1-4H3. The minimum atomic E-state index is -2.31. The van der Waals surface area contributed by atoms with Crippen molar-refractivity contribution < 1.29 is 15.3 Å². The SMILES string of the molecule is CC(O)[Si](C)(C(C)O)C(C)O. The van der Waals surface area contributed by atoms with Gasteiger partial charge in [-0.2, -0.15) is 0 Å². The second-order valence-electron chi connectivity index (χ2n) is 3.39. The highest BCUT2D eigenvalue weighted by molar-refractivity contribution is 6.81. The highest BCUT2D eigenvalue weighted by atomic mass is 28.3. The second-order valence-corrected chi connectivity index (χ2v) is 8.63. The third-order valence-corrected chi connectivity index (χ3v) is 8.10. The highest BCUT2D eigenvalue weighted by Crippen LogP contribution is 2.17. The summed E-state index contributed by atoms with van der Waals surface area (Å²) in [6, 6.07) is 0. The smallest absolute Gasteiger partial charge is 0.147 e. The fraction of sp³-hybridized carbons (Fsp3) is 1.00. The molecule has 0 bridgehead atoms. The van der Waals surface area contributed by atoms with Crippen LogP contribution in [0.4, 0.5) is 0 Å². The van der Waals surface area contributed by atoms with Crippen molar-refractivity contribution in [2.24, 2.45) is 0 Å². The van der Waals surface area contributed by atoms with Crippen LogP contribution < -0.4 is 0 Å². The van der Waals surface area contributed by atoms with E-state index < -0.39 is 25.3 Å². The van der Waals surface area contributed by atoms with Crippen molar-refractivity contribution in [1.29, 1.82) is 0 Å². The van der Waals surface area contributed by atoms with Crippen molar-refractivity contribution in [1.82, 2.24) is 0 Å². The summed E-state index contributed by atoms with van der Waals surface area (Å²) in [5, 5.41) is 28.1. The van der Waals surface area contributed by atoms with E-state index in [0.717, 1.165) is 0 Å². The van der Waals surface area contributed by atoms with Gasteiger partial charge in [0.1, 0.15) is 8.07 Å². The molecule has 0 saturated heterocycles. The Kier molecular flexibility index (Phi) is 3.70. The van der Waals surface area contributed by atoms with Crippen molar-refractivity contribution in [2.45, 2.75) is 44.5 Å². The molecule has 0 radical (unpaired) electrons. The lowest BCUT2D eigenvalue weighted by atomic mass is 10.8. The summed E-state index contributed by atoms with van der Waals surface area (Å²) in [5.41, 5.74) is -1.74. The van der Waals surface area contributed by atoms with Gasteiger partial charge in [0.2, 0.25) is 0 Å². The first-order valence-corrected chi connectivity index (χ1v) is 6.60. The summed E-state index contributed by atoms with van der Waals surface area (Å²) in [6.07, 6.45) is 0. The molecule has 0 amide bonds. The first kappa shape index (κ1) is 11.1. The van der Waals surface area contributed by atoms with Crippen LogP contribution in [0.3, 0.4) is 0 Å². The van der Waals surface area contributed by atoms with E-state index in [1.165, 1.54) is 0 Å². The molecule has 0 aromatic carbocycles. The Morgan fingerprint density at radius 3 is 1.00 bits per heavy atom.